The number of amides is 3. The molecule has 0 spiro atoms. The van der Waals surface area contributed by atoms with E-state index < -0.39 is 11.6 Å². The average molecular weight is 475 g/mol. The number of benzene rings is 3. The zero-order valence-electron chi connectivity index (χ0n) is 20.5. The van der Waals surface area contributed by atoms with Crippen LogP contribution in [0.5, 0.6) is 17.2 Å². The Kier molecular flexibility index (Phi) is 6.96. The van der Waals surface area contributed by atoms with Crippen LogP contribution in [0.3, 0.4) is 0 Å². The highest BCUT2D eigenvalue weighted by atomic mass is 16.5. The normalized spacial score (nSPS) is 14.6. The molecule has 3 aromatic rings. The minimum absolute atomic E-state index is 0.240. The summed E-state index contributed by atoms with van der Waals surface area (Å²) < 4.78 is 16.5. The molecule has 7 heteroatoms. The summed E-state index contributed by atoms with van der Waals surface area (Å²) >= 11 is 0. The molecule has 0 aromatic heterocycles. The maximum atomic E-state index is 13.8. The summed E-state index contributed by atoms with van der Waals surface area (Å²) in [6, 6.07) is 19.9. The van der Waals surface area contributed by atoms with Crippen LogP contribution >= 0.6 is 0 Å². The van der Waals surface area contributed by atoms with Crippen molar-refractivity contribution in [2.45, 2.75) is 25.8 Å². The largest absolute Gasteiger partial charge is 0.497 e. The maximum absolute atomic E-state index is 13.8. The summed E-state index contributed by atoms with van der Waals surface area (Å²) in [5, 5.41) is 2.96. The van der Waals surface area contributed by atoms with Crippen molar-refractivity contribution < 1.29 is 23.8 Å². The van der Waals surface area contributed by atoms with Crippen LogP contribution in [0.15, 0.2) is 66.7 Å². The van der Waals surface area contributed by atoms with E-state index in [1.54, 1.807) is 62.8 Å². The molecule has 3 aromatic carbocycles. The van der Waals surface area contributed by atoms with Gasteiger partial charge in [0.15, 0.2) is 5.54 Å². The molecule has 4 rings (SSSR count). The van der Waals surface area contributed by atoms with Gasteiger partial charge in [0.05, 0.1) is 20.8 Å². The van der Waals surface area contributed by atoms with E-state index in [9.17, 15) is 9.59 Å². The van der Waals surface area contributed by atoms with Gasteiger partial charge in [0.1, 0.15) is 17.2 Å². The van der Waals surface area contributed by atoms with Crippen LogP contribution in [0.2, 0.25) is 0 Å². The fraction of sp³-hybridized carbons (Fsp3) is 0.286. The number of nitrogens with zero attached hydrogens (tertiary/aromatic N) is 1. The van der Waals surface area contributed by atoms with Gasteiger partial charge in [0.25, 0.3) is 5.91 Å². The Hall–Kier alpha value is -4.00. The quantitative estimate of drug-likeness (QED) is 0.363. The first-order chi connectivity index (χ1) is 16.9. The van der Waals surface area contributed by atoms with E-state index in [1.165, 1.54) is 4.90 Å². The zero-order chi connectivity index (χ0) is 25.0. The first-order valence-corrected chi connectivity index (χ1v) is 11.5. The van der Waals surface area contributed by atoms with Gasteiger partial charge in [-0.25, -0.2) is 4.79 Å². The Labute approximate surface area is 205 Å². The van der Waals surface area contributed by atoms with Crippen LogP contribution in [-0.4, -0.2) is 44.2 Å². The highest BCUT2D eigenvalue weighted by molar-refractivity contribution is 6.09. The fourth-order valence-corrected chi connectivity index (χ4v) is 4.29. The fourth-order valence-electron chi connectivity index (χ4n) is 4.29. The molecule has 1 aliphatic rings. The number of nitrogens with one attached hydrogen (secondary N) is 1. The van der Waals surface area contributed by atoms with E-state index in [0.717, 1.165) is 16.9 Å². The Morgan fingerprint density at radius 3 is 1.94 bits per heavy atom. The first kappa shape index (κ1) is 24.1. The molecule has 0 aliphatic carbocycles. The maximum Gasteiger partial charge on any atom is 0.325 e. The lowest BCUT2D eigenvalue weighted by Crippen LogP contribution is -2.45. The molecule has 1 heterocycles. The molecule has 0 saturated carbocycles. The molecule has 0 unspecified atom stereocenters. The SMILES string of the molecule is COc1ccc(C2(c3ccc(OC)cc3)NC(=O)N(CCCOc3cc(C)ccc3C)C2=O)cc1. The molecule has 0 atom stereocenters. The summed E-state index contributed by atoms with van der Waals surface area (Å²) in [5.41, 5.74) is 2.11. The molecule has 7 nitrogen and oxygen atoms in total. The lowest BCUT2D eigenvalue weighted by molar-refractivity contribution is -0.130. The lowest BCUT2D eigenvalue weighted by atomic mass is 9.82. The summed E-state index contributed by atoms with van der Waals surface area (Å²) in [6.45, 7) is 4.63. The van der Waals surface area contributed by atoms with Crippen LogP contribution in [0.1, 0.15) is 28.7 Å². The number of hydrogen-bond acceptors (Lipinski definition) is 5. The molecule has 1 N–H and O–H groups in total. The number of hydrogen-bond donors (Lipinski definition) is 1. The van der Waals surface area contributed by atoms with Crippen molar-refractivity contribution in [3.63, 3.8) is 0 Å². The van der Waals surface area contributed by atoms with Gasteiger partial charge in [-0.05, 0) is 72.9 Å². The summed E-state index contributed by atoms with van der Waals surface area (Å²) in [7, 11) is 3.16. The Morgan fingerprint density at radius 2 is 1.40 bits per heavy atom. The zero-order valence-corrected chi connectivity index (χ0v) is 20.5. The number of carbonyl (C=O) groups excluding carboxylic acids is 2. The van der Waals surface area contributed by atoms with Crippen molar-refractivity contribution >= 4 is 11.9 Å². The van der Waals surface area contributed by atoms with Gasteiger partial charge >= 0.3 is 6.03 Å². The molecule has 3 amide bonds. The monoisotopic (exact) mass is 474 g/mol. The second kappa shape index (κ2) is 10.1. The van der Waals surface area contributed by atoms with Crippen LogP contribution in [0.25, 0.3) is 0 Å². The van der Waals surface area contributed by atoms with E-state index in [-0.39, 0.29) is 12.5 Å². The van der Waals surface area contributed by atoms with E-state index in [1.807, 2.05) is 32.0 Å². The van der Waals surface area contributed by atoms with Gasteiger partial charge in [-0.15, -0.1) is 0 Å². The number of carbonyl (C=O) groups is 2. The first-order valence-electron chi connectivity index (χ1n) is 11.5. The van der Waals surface area contributed by atoms with Gasteiger partial charge in [-0.3, -0.25) is 9.69 Å². The number of methoxy groups -OCH3 is 2. The van der Waals surface area contributed by atoms with Gasteiger partial charge < -0.3 is 19.5 Å². The number of aryl methyl sites for hydroxylation is 2. The van der Waals surface area contributed by atoms with Crippen LogP contribution in [0, 0.1) is 13.8 Å². The lowest BCUT2D eigenvalue weighted by Gasteiger charge is -2.28. The Balaban J connectivity index is 1.57. The second-order valence-electron chi connectivity index (χ2n) is 8.56. The number of imide groups is 1. The van der Waals surface area contributed by atoms with Crippen LogP contribution in [0.4, 0.5) is 4.79 Å². The van der Waals surface area contributed by atoms with Crippen LogP contribution < -0.4 is 19.5 Å². The Morgan fingerprint density at radius 1 is 0.829 bits per heavy atom. The van der Waals surface area contributed by atoms with Crippen LogP contribution in [-0.2, 0) is 10.3 Å². The number of urea groups is 1. The van der Waals surface area contributed by atoms with Crippen molar-refractivity contribution in [3.8, 4) is 17.2 Å². The van der Waals surface area contributed by atoms with Crippen molar-refractivity contribution in [1.29, 1.82) is 0 Å². The third kappa shape index (κ3) is 4.67. The van der Waals surface area contributed by atoms with Crippen molar-refractivity contribution in [2.24, 2.45) is 0 Å². The molecule has 0 radical (unpaired) electrons. The van der Waals surface area contributed by atoms with Gasteiger partial charge in [-0.1, -0.05) is 36.4 Å². The highest BCUT2D eigenvalue weighted by Crippen LogP contribution is 2.37. The van der Waals surface area contributed by atoms with E-state index in [2.05, 4.69) is 5.32 Å². The number of rotatable bonds is 9. The van der Waals surface area contributed by atoms with E-state index in [4.69, 9.17) is 14.2 Å². The predicted molar refractivity (Wildman–Crippen MR) is 133 cm³/mol. The molecular formula is C28H30N2O5. The summed E-state index contributed by atoms with van der Waals surface area (Å²) in [5.74, 6) is 1.81. The summed E-state index contributed by atoms with van der Waals surface area (Å²) in [6.07, 6.45) is 0.508. The third-order valence-corrected chi connectivity index (χ3v) is 6.28. The molecule has 35 heavy (non-hydrogen) atoms. The third-order valence-electron chi connectivity index (χ3n) is 6.28. The minimum Gasteiger partial charge on any atom is -0.497 e. The minimum atomic E-state index is -1.34. The van der Waals surface area contributed by atoms with Gasteiger partial charge in [-0.2, -0.15) is 0 Å². The molecule has 0 bridgehead atoms. The predicted octanol–water partition coefficient (Wildman–Crippen LogP) is 4.59. The van der Waals surface area contributed by atoms with Crippen molar-refractivity contribution in [3.05, 3.63) is 89.0 Å². The molecule has 182 valence electrons. The standard InChI is InChI=1S/C28H30N2O5/c1-19-6-7-20(2)25(18-19)35-17-5-16-30-26(31)28(29-27(30)32,21-8-12-23(33-3)13-9-21)22-10-14-24(34-4)15-11-22/h6-15,18H,5,16-17H2,1-4H3,(H,29,32). The van der Waals surface area contributed by atoms with Crippen molar-refractivity contribution in [1.82, 2.24) is 10.2 Å². The summed E-state index contributed by atoms with van der Waals surface area (Å²) in [4.78, 5) is 28.2. The van der Waals surface area contributed by atoms with E-state index >= 15 is 0 Å². The molecular weight excluding hydrogens is 444 g/mol. The molecule has 1 aliphatic heterocycles. The van der Waals surface area contributed by atoms with Gasteiger partial charge in [0.2, 0.25) is 0 Å². The highest BCUT2D eigenvalue weighted by Gasteiger charge is 2.53. The molecule has 1 saturated heterocycles. The second-order valence-corrected chi connectivity index (χ2v) is 8.56. The smallest absolute Gasteiger partial charge is 0.325 e. The van der Waals surface area contributed by atoms with Gasteiger partial charge in [0, 0.05) is 6.54 Å². The average Bonchev–Trinajstić information content (AvgIpc) is 3.14. The topological polar surface area (TPSA) is 77.1 Å². The number of ether oxygens (including phenoxy) is 3. The van der Waals surface area contributed by atoms with Crippen molar-refractivity contribution in [2.75, 3.05) is 27.4 Å². The molecule has 1 fully saturated rings. The Bertz CT molecular complexity index is 1160. The van der Waals surface area contributed by atoms with E-state index in [0.29, 0.717) is 35.7 Å².